The second-order valence-electron chi connectivity index (χ2n) is 6.03. The third-order valence-electron chi connectivity index (χ3n) is 3.91. The van der Waals surface area contributed by atoms with Crippen LogP contribution in [0.15, 0.2) is 48.5 Å². The first-order chi connectivity index (χ1) is 13.4. The molecular formula is C20H17F3N4O. The van der Waals surface area contributed by atoms with Gasteiger partial charge in [-0.1, -0.05) is 18.2 Å². The maximum atomic E-state index is 13.7. The highest BCUT2D eigenvalue weighted by atomic mass is 19.1. The first-order valence-electron chi connectivity index (χ1n) is 8.52. The number of carbonyl (C=O) groups excluding carboxylic acids is 1. The number of anilines is 2. The fourth-order valence-corrected chi connectivity index (χ4v) is 2.58. The molecule has 144 valence electrons. The molecule has 0 atom stereocenters. The molecular weight excluding hydrogens is 369 g/mol. The summed E-state index contributed by atoms with van der Waals surface area (Å²) in [4.78, 5) is 20.6. The van der Waals surface area contributed by atoms with Gasteiger partial charge in [0.1, 0.15) is 34.8 Å². The highest BCUT2D eigenvalue weighted by Crippen LogP contribution is 2.17. The van der Waals surface area contributed by atoms with Crippen molar-refractivity contribution in [2.24, 2.45) is 0 Å². The van der Waals surface area contributed by atoms with Gasteiger partial charge in [0.2, 0.25) is 0 Å². The Morgan fingerprint density at radius 3 is 2.54 bits per heavy atom. The Kier molecular flexibility index (Phi) is 5.88. The highest BCUT2D eigenvalue weighted by Gasteiger charge is 2.13. The number of nitrogens with zero attached hydrogens (tertiary/aromatic N) is 2. The molecule has 0 radical (unpaired) electrons. The molecule has 0 saturated carbocycles. The lowest BCUT2D eigenvalue weighted by Crippen LogP contribution is -2.17. The van der Waals surface area contributed by atoms with Gasteiger partial charge >= 0.3 is 0 Å². The normalized spacial score (nSPS) is 10.6. The van der Waals surface area contributed by atoms with Crippen molar-refractivity contribution in [2.75, 3.05) is 17.2 Å². The zero-order valence-corrected chi connectivity index (χ0v) is 15.0. The average molecular weight is 386 g/mol. The van der Waals surface area contributed by atoms with Gasteiger partial charge in [0, 0.05) is 18.7 Å². The van der Waals surface area contributed by atoms with E-state index in [2.05, 4.69) is 20.6 Å². The largest absolute Gasteiger partial charge is 0.370 e. The molecule has 5 nitrogen and oxygen atoms in total. The molecule has 2 N–H and O–H groups in total. The quantitative estimate of drug-likeness (QED) is 0.669. The van der Waals surface area contributed by atoms with Crippen LogP contribution >= 0.6 is 0 Å². The molecule has 0 aliphatic carbocycles. The van der Waals surface area contributed by atoms with Gasteiger partial charge in [-0.05, 0) is 37.1 Å². The third-order valence-corrected chi connectivity index (χ3v) is 3.91. The van der Waals surface area contributed by atoms with E-state index in [9.17, 15) is 18.0 Å². The summed E-state index contributed by atoms with van der Waals surface area (Å²) >= 11 is 0. The van der Waals surface area contributed by atoms with E-state index in [0.29, 0.717) is 36.2 Å². The van der Waals surface area contributed by atoms with Crippen LogP contribution in [0, 0.1) is 24.4 Å². The third kappa shape index (κ3) is 4.85. The molecule has 8 heteroatoms. The van der Waals surface area contributed by atoms with Crippen LogP contribution in [0.25, 0.3) is 0 Å². The predicted molar refractivity (Wildman–Crippen MR) is 99.7 cm³/mol. The smallest absolute Gasteiger partial charge is 0.274 e. The van der Waals surface area contributed by atoms with Crippen molar-refractivity contribution in [2.45, 2.75) is 13.3 Å². The van der Waals surface area contributed by atoms with Crippen LogP contribution < -0.4 is 10.6 Å². The van der Waals surface area contributed by atoms with Crippen LogP contribution in [0.1, 0.15) is 21.9 Å². The Hall–Kier alpha value is -3.42. The van der Waals surface area contributed by atoms with E-state index >= 15 is 0 Å². The minimum Gasteiger partial charge on any atom is -0.370 e. The number of amides is 1. The molecule has 0 saturated heterocycles. The molecule has 2 aromatic carbocycles. The number of halogens is 3. The minimum absolute atomic E-state index is 0.0182. The minimum atomic E-state index is -0.887. The van der Waals surface area contributed by atoms with Gasteiger partial charge < -0.3 is 10.6 Å². The standard InChI is InChI=1S/C20H17F3N4O/c1-12-25-18(20(28)27-17-7-6-14(21)10-16(17)23)11-19(26-12)24-9-8-13-4-2-3-5-15(13)22/h2-7,10-11H,8-9H2,1H3,(H,27,28)(H,24,25,26). The van der Waals surface area contributed by atoms with Crippen LogP contribution in [0.4, 0.5) is 24.7 Å². The lowest BCUT2D eigenvalue weighted by atomic mass is 10.1. The zero-order chi connectivity index (χ0) is 20.1. The van der Waals surface area contributed by atoms with E-state index < -0.39 is 17.5 Å². The van der Waals surface area contributed by atoms with Gasteiger partial charge in [0.25, 0.3) is 5.91 Å². The summed E-state index contributed by atoms with van der Waals surface area (Å²) in [5.74, 6) is -1.86. The van der Waals surface area contributed by atoms with Crippen molar-refractivity contribution in [3.8, 4) is 0 Å². The van der Waals surface area contributed by atoms with Gasteiger partial charge in [-0.3, -0.25) is 4.79 Å². The molecule has 1 aromatic heterocycles. The number of carbonyl (C=O) groups is 1. The Morgan fingerprint density at radius 2 is 1.79 bits per heavy atom. The fraction of sp³-hybridized carbons (Fsp3) is 0.150. The molecule has 1 heterocycles. The van der Waals surface area contributed by atoms with Gasteiger partial charge in [-0.15, -0.1) is 0 Å². The average Bonchev–Trinajstić information content (AvgIpc) is 2.65. The van der Waals surface area contributed by atoms with Crippen LogP contribution in [0.5, 0.6) is 0 Å². The number of rotatable bonds is 6. The predicted octanol–water partition coefficient (Wildman–Crippen LogP) is 4.11. The molecule has 0 aliphatic rings. The van der Waals surface area contributed by atoms with E-state index in [-0.39, 0.29) is 17.2 Å². The summed E-state index contributed by atoms with van der Waals surface area (Å²) in [6, 6.07) is 10.7. The molecule has 0 unspecified atom stereocenters. The molecule has 28 heavy (non-hydrogen) atoms. The van der Waals surface area contributed by atoms with Crippen LogP contribution in [-0.2, 0) is 6.42 Å². The second-order valence-corrected chi connectivity index (χ2v) is 6.03. The van der Waals surface area contributed by atoms with Gasteiger partial charge in [-0.2, -0.15) is 0 Å². The first-order valence-corrected chi connectivity index (χ1v) is 8.52. The van der Waals surface area contributed by atoms with Crippen molar-refractivity contribution < 1.29 is 18.0 Å². The monoisotopic (exact) mass is 386 g/mol. The molecule has 1 amide bonds. The van der Waals surface area contributed by atoms with Gasteiger partial charge in [-0.25, -0.2) is 23.1 Å². The molecule has 3 aromatic rings. The summed E-state index contributed by atoms with van der Waals surface area (Å²) in [6.07, 6.45) is 0.429. The Morgan fingerprint density at radius 1 is 1.00 bits per heavy atom. The lowest BCUT2D eigenvalue weighted by Gasteiger charge is -2.10. The van der Waals surface area contributed by atoms with Crippen molar-refractivity contribution in [1.29, 1.82) is 0 Å². The Labute approximate surface area is 159 Å². The molecule has 0 aliphatic heterocycles. The van der Waals surface area contributed by atoms with E-state index in [0.717, 1.165) is 12.1 Å². The second kappa shape index (κ2) is 8.51. The Balaban J connectivity index is 1.68. The zero-order valence-electron chi connectivity index (χ0n) is 15.0. The van der Waals surface area contributed by atoms with E-state index in [1.165, 1.54) is 12.1 Å². The van der Waals surface area contributed by atoms with Gasteiger partial charge in [0.05, 0.1) is 5.69 Å². The van der Waals surface area contributed by atoms with Crippen LogP contribution in [0.3, 0.4) is 0 Å². The maximum Gasteiger partial charge on any atom is 0.274 e. The molecule has 0 bridgehead atoms. The molecule has 3 rings (SSSR count). The lowest BCUT2D eigenvalue weighted by molar-refractivity contribution is 0.102. The number of nitrogens with one attached hydrogen (secondary N) is 2. The summed E-state index contributed by atoms with van der Waals surface area (Å²) < 4.78 is 40.3. The molecule has 0 fully saturated rings. The number of aryl methyl sites for hydroxylation is 1. The Bertz CT molecular complexity index is 1010. The SMILES string of the molecule is Cc1nc(NCCc2ccccc2F)cc(C(=O)Nc2ccc(F)cc2F)n1. The van der Waals surface area contributed by atoms with Gasteiger partial charge in [0.15, 0.2) is 0 Å². The number of hydrogen-bond acceptors (Lipinski definition) is 4. The fourth-order valence-electron chi connectivity index (χ4n) is 2.58. The number of hydrogen-bond donors (Lipinski definition) is 2. The van der Waals surface area contributed by atoms with Crippen molar-refractivity contribution in [3.63, 3.8) is 0 Å². The summed E-state index contributed by atoms with van der Waals surface area (Å²) in [5, 5.41) is 5.37. The first kappa shape index (κ1) is 19.3. The maximum absolute atomic E-state index is 13.7. The van der Waals surface area contributed by atoms with Crippen LogP contribution in [0.2, 0.25) is 0 Å². The van der Waals surface area contributed by atoms with Crippen LogP contribution in [-0.4, -0.2) is 22.4 Å². The summed E-state index contributed by atoms with van der Waals surface area (Å²) in [5.41, 5.74) is 0.423. The highest BCUT2D eigenvalue weighted by molar-refractivity contribution is 6.03. The van der Waals surface area contributed by atoms with Crippen molar-refractivity contribution in [1.82, 2.24) is 9.97 Å². The van der Waals surface area contributed by atoms with E-state index in [1.54, 1.807) is 25.1 Å². The molecule has 0 spiro atoms. The summed E-state index contributed by atoms with van der Waals surface area (Å²) in [7, 11) is 0. The van der Waals surface area contributed by atoms with E-state index in [1.807, 2.05) is 0 Å². The van der Waals surface area contributed by atoms with Crippen molar-refractivity contribution >= 4 is 17.4 Å². The number of aromatic nitrogens is 2. The number of benzene rings is 2. The summed E-state index contributed by atoms with van der Waals surface area (Å²) in [6.45, 7) is 2.00. The van der Waals surface area contributed by atoms with Crippen molar-refractivity contribution in [3.05, 3.63) is 83.1 Å². The van der Waals surface area contributed by atoms with E-state index in [4.69, 9.17) is 0 Å². The topological polar surface area (TPSA) is 66.9 Å².